The first kappa shape index (κ1) is 19.0. The van der Waals surface area contributed by atoms with Crippen molar-refractivity contribution in [1.29, 1.82) is 0 Å². The summed E-state index contributed by atoms with van der Waals surface area (Å²) >= 11 is 0.991. The normalized spacial score (nSPS) is 11.5. The fraction of sp³-hybridized carbons (Fsp3) is 0.222. The van der Waals surface area contributed by atoms with Crippen LogP contribution in [-0.2, 0) is 0 Å². The number of carbonyl (C=O) groups is 1. The molecule has 0 radical (unpaired) electrons. The smallest absolute Gasteiger partial charge is 0.351 e. The molecule has 0 bridgehead atoms. The van der Waals surface area contributed by atoms with E-state index in [0.29, 0.717) is 43.3 Å². The minimum atomic E-state index is -2.74. The summed E-state index contributed by atoms with van der Waals surface area (Å²) in [6.45, 7) is 0.510. The van der Waals surface area contributed by atoms with E-state index in [1.165, 1.54) is 7.11 Å². The van der Waals surface area contributed by atoms with E-state index in [1.54, 1.807) is 42.9 Å². The Bertz CT molecular complexity index is 1240. The maximum atomic E-state index is 13.2. The van der Waals surface area contributed by atoms with Crippen LogP contribution < -0.4 is 4.74 Å². The average molecular weight is 419 g/mol. The summed E-state index contributed by atoms with van der Waals surface area (Å²) in [4.78, 5) is 15.6. The second-order valence-corrected chi connectivity index (χ2v) is 7.23. The van der Waals surface area contributed by atoms with Gasteiger partial charge in [-0.05, 0) is 26.0 Å². The van der Waals surface area contributed by atoms with Gasteiger partial charge < -0.3 is 9.84 Å². The number of pyridine rings is 1. The highest BCUT2D eigenvalue weighted by atomic mass is 32.1. The Morgan fingerprint density at radius 3 is 2.69 bits per heavy atom. The molecule has 4 heterocycles. The molecular weight excluding hydrogens is 404 g/mol. The number of carboxylic acid groups (broad SMARTS) is 1. The van der Waals surface area contributed by atoms with E-state index in [4.69, 9.17) is 4.74 Å². The van der Waals surface area contributed by atoms with Crippen LogP contribution in [0.4, 0.5) is 8.78 Å². The number of aromatic carboxylic acids is 1. The molecule has 150 valence electrons. The highest BCUT2D eigenvalue weighted by Gasteiger charge is 2.22. The Hall–Kier alpha value is -3.34. The Labute approximate surface area is 167 Å². The number of rotatable bonds is 5. The number of carboxylic acids is 1. The molecule has 8 nitrogen and oxygen atoms in total. The number of alkyl halides is 2. The zero-order chi connectivity index (χ0) is 20.9. The molecule has 0 saturated carbocycles. The van der Waals surface area contributed by atoms with Gasteiger partial charge in [0.15, 0.2) is 4.88 Å². The topological polar surface area (TPSA) is 94.5 Å². The van der Waals surface area contributed by atoms with E-state index in [1.807, 2.05) is 0 Å². The molecule has 0 aliphatic rings. The molecule has 11 heteroatoms. The third kappa shape index (κ3) is 3.03. The highest BCUT2D eigenvalue weighted by molar-refractivity contribution is 7.17. The molecule has 0 aliphatic carbocycles. The summed E-state index contributed by atoms with van der Waals surface area (Å²) in [7, 11) is 1.36. The third-order valence-electron chi connectivity index (χ3n) is 4.53. The van der Waals surface area contributed by atoms with Gasteiger partial charge in [-0.3, -0.25) is 0 Å². The first-order valence-corrected chi connectivity index (χ1v) is 9.23. The molecule has 4 rings (SSSR count). The number of nitrogens with zero attached hydrogens (tertiary/aromatic N) is 5. The fourth-order valence-corrected chi connectivity index (χ4v) is 4.12. The molecule has 29 heavy (non-hydrogen) atoms. The van der Waals surface area contributed by atoms with Crippen molar-refractivity contribution in [2.75, 3.05) is 7.11 Å². The molecule has 4 aromatic rings. The number of methoxy groups -OCH3 is 1. The van der Waals surface area contributed by atoms with Gasteiger partial charge in [0.05, 0.1) is 24.5 Å². The van der Waals surface area contributed by atoms with E-state index in [9.17, 15) is 18.7 Å². The van der Waals surface area contributed by atoms with Crippen molar-refractivity contribution >= 4 is 22.8 Å². The van der Waals surface area contributed by atoms with Crippen LogP contribution >= 0.6 is 11.3 Å². The summed E-state index contributed by atoms with van der Waals surface area (Å²) in [5.74, 6) is -1.08. The van der Waals surface area contributed by atoms with Crippen LogP contribution in [-0.4, -0.2) is 42.6 Å². The van der Waals surface area contributed by atoms with Crippen LogP contribution in [0.5, 0.6) is 5.88 Å². The number of aromatic nitrogens is 5. The van der Waals surface area contributed by atoms with E-state index in [2.05, 4.69) is 15.2 Å². The highest BCUT2D eigenvalue weighted by Crippen LogP contribution is 2.36. The van der Waals surface area contributed by atoms with Crippen LogP contribution in [0.25, 0.3) is 27.2 Å². The zero-order valence-electron chi connectivity index (χ0n) is 15.6. The standard InChI is InChI=1S/C18H15F2N5O3S/c1-8-13(9(2)25(23-8)18(19)20)11-7-21-24-5-4-10(6-12(11)24)16-22-15(28-3)14(29-16)17(26)27/h4-7,18H,1-3H3,(H,26,27). The fourth-order valence-electron chi connectivity index (χ4n) is 3.25. The molecule has 0 unspecified atom stereocenters. The minimum Gasteiger partial charge on any atom is -0.480 e. The molecule has 0 saturated heterocycles. The second kappa shape index (κ2) is 6.92. The number of hydrogen-bond donors (Lipinski definition) is 1. The van der Waals surface area contributed by atoms with Crippen LogP contribution in [0.2, 0.25) is 0 Å². The quantitative estimate of drug-likeness (QED) is 0.525. The molecule has 0 aliphatic heterocycles. The van der Waals surface area contributed by atoms with Gasteiger partial charge in [0, 0.05) is 28.6 Å². The Kier molecular flexibility index (Phi) is 4.53. The lowest BCUT2D eigenvalue weighted by molar-refractivity contribution is 0.0541. The lowest BCUT2D eigenvalue weighted by atomic mass is 10.0. The van der Waals surface area contributed by atoms with Gasteiger partial charge in [-0.2, -0.15) is 19.0 Å². The van der Waals surface area contributed by atoms with Gasteiger partial charge in [-0.1, -0.05) is 0 Å². The van der Waals surface area contributed by atoms with E-state index >= 15 is 0 Å². The lowest BCUT2D eigenvalue weighted by Crippen LogP contribution is -2.02. The predicted molar refractivity (Wildman–Crippen MR) is 102 cm³/mol. The van der Waals surface area contributed by atoms with Gasteiger partial charge in [-0.25, -0.2) is 19.0 Å². The SMILES string of the molecule is COc1nc(-c2ccn3ncc(-c4c(C)nn(C(F)F)c4C)c3c2)sc1C(=O)O. The lowest BCUT2D eigenvalue weighted by Gasteiger charge is -2.04. The molecular formula is C18H15F2N5O3S. The molecule has 0 spiro atoms. The van der Waals surface area contributed by atoms with E-state index in [-0.39, 0.29) is 10.8 Å². The Balaban J connectivity index is 1.88. The van der Waals surface area contributed by atoms with Crippen molar-refractivity contribution in [3.63, 3.8) is 0 Å². The van der Waals surface area contributed by atoms with E-state index < -0.39 is 12.5 Å². The summed E-state index contributed by atoms with van der Waals surface area (Å²) in [6.07, 6.45) is 3.29. The first-order chi connectivity index (χ1) is 13.8. The second-order valence-electron chi connectivity index (χ2n) is 6.23. The summed E-state index contributed by atoms with van der Waals surface area (Å²) < 4.78 is 33.8. The molecule has 0 amide bonds. The number of thiazole rings is 1. The first-order valence-electron chi connectivity index (χ1n) is 8.42. The number of aryl methyl sites for hydroxylation is 1. The van der Waals surface area contributed by atoms with Crippen molar-refractivity contribution in [1.82, 2.24) is 24.4 Å². The third-order valence-corrected chi connectivity index (χ3v) is 5.61. The van der Waals surface area contributed by atoms with Gasteiger partial charge >= 0.3 is 12.5 Å². The average Bonchev–Trinajstić information content (AvgIpc) is 3.36. The van der Waals surface area contributed by atoms with Gasteiger partial charge in [0.2, 0.25) is 5.88 Å². The monoisotopic (exact) mass is 419 g/mol. The summed E-state index contributed by atoms with van der Waals surface area (Å²) in [6, 6.07) is 3.53. The number of fused-ring (bicyclic) bond motifs is 1. The molecule has 0 fully saturated rings. The maximum Gasteiger partial charge on any atom is 0.351 e. The van der Waals surface area contributed by atoms with Gasteiger partial charge in [0.1, 0.15) is 5.01 Å². The van der Waals surface area contributed by atoms with Crippen LogP contribution in [0, 0.1) is 13.8 Å². The van der Waals surface area contributed by atoms with Crippen LogP contribution in [0.3, 0.4) is 0 Å². The van der Waals surface area contributed by atoms with Gasteiger partial charge in [0.25, 0.3) is 0 Å². The van der Waals surface area contributed by atoms with Crippen molar-refractivity contribution in [2.24, 2.45) is 0 Å². The van der Waals surface area contributed by atoms with Crippen LogP contribution in [0.1, 0.15) is 27.6 Å². The largest absolute Gasteiger partial charge is 0.480 e. The van der Waals surface area contributed by atoms with Crippen molar-refractivity contribution in [2.45, 2.75) is 20.4 Å². The Morgan fingerprint density at radius 1 is 1.34 bits per heavy atom. The van der Waals surface area contributed by atoms with Crippen LogP contribution in [0.15, 0.2) is 24.5 Å². The van der Waals surface area contributed by atoms with Crippen molar-refractivity contribution < 1.29 is 23.4 Å². The molecule has 0 atom stereocenters. The molecule has 0 aromatic carbocycles. The minimum absolute atomic E-state index is 0.000929. The number of hydrogen-bond acceptors (Lipinski definition) is 6. The Morgan fingerprint density at radius 2 is 2.10 bits per heavy atom. The number of halogens is 2. The predicted octanol–water partition coefficient (Wildman–Crippen LogP) is 4.04. The maximum absolute atomic E-state index is 13.2. The van der Waals surface area contributed by atoms with Crippen molar-refractivity contribution in [3.05, 3.63) is 40.8 Å². The van der Waals surface area contributed by atoms with Gasteiger partial charge in [-0.15, -0.1) is 11.3 Å². The van der Waals surface area contributed by atoms with Crippen molar-refractivity contribution in [3.8, 4) is 27.6 Å². The van der Waals surface area contributed by atoms with E-state index in [0.717, 1.165) is 11.3 Å². The molecule has 4 aromatic heterocycles. The summed E-state index contributed by atoms with van der Waals surface area (Å²) in [5, 5.41) is 18.0. The summed E-state index contributed by atoms with van der Waals surface area (Å²) in [5.41, 5.74) is 3.35. The number of ether oxygens (including phenoxy) is 1. The zero-order valence-corrected chi connectivity index (χ0v) is 16.4. The molecule has 1 N–H and O–H groups in total.